The van der Waals surface area contributed by atoms with Crippen LogP contribution in [0.3, 0.4) is 0 Å². The Morgan fingerprint density at radius 2 is 2.12 bits per heavy atom. The third kappa shape index (κ3) is 3.08. The van der Waals surface area contributed by atoms with E-state index in [1.807, 2.05) is 17.5 Å². The fourth-order valence-electron chi connectivity index (χ4n) is 3.49. The van der Waals surface area contributed by atoms with Crippen LogP contribution in [0.5, 0.6) is 5.75 Å². The van der Waals surface area contributed by atoms with Gasteiger partial charge in [-0.15, -0.1) is 11.3 Å². The summed E-state index contributed by atoms with van der Waals surface area (Å²) in [5.41, 5.74) is 7.37. The van der Waals surface area contributed by atoms with Crippen LogP contribution < -0.4 is 11.3 Å². The number of hydrogen-bond donors (Lipinski definition) is 3. The second-order valence-electron chi connectivity index (χ2n) is 6.58. The van der Waals surface area contributed by atoms with E-state index in [0.29, 0.717) is 10.7 Å². The smallest absolute Gasteiger partial charge is 0.266 e. The molecule has 0 unspecified atom stereocenters. The Bertz CT molecular complexity index is 997. The summed E-state index contributed by atoms with van der Waals surface area (Å²) in [6, 6.07) is 5.66. The number of benzene rings is 1. The number of pyridine rings is 1. The molecule has 5 nitrogen and oxygen atoms in total. The first-order valence-corrected chi connectivity index (χ1v) is 9.41. The van der Waals surface area contributed by atoms with Gasteiger partial charge in [-0.05, 0) is 49.5 Å². The minimum absolute atomic E-state index is 0.0808. The molecule has 0 radical (unpaired) electrons. The first-order valence-electron chi connectivity index (χ1n) is 8.53. The predicted octanol–water partition coefficient (Wildman–Crippen LogP) is 2.88. The van der Waals surface area contributed by atoms with Gasteiger partial charge in [-0.1, -0.05) is 12.2 Å². The topological polar surface area (TPSA) is 82.3 Å². The molecule has 1 fully saturated rings. The van der Waals surface area contributed by atoms with Gasteiger partial charge in [0.05, 0.1) is 0 Å². The van der Waals surface area contributed by atoms with Crippen molar-refractivity contribution < 1.29 is 5.11 Å². The van der Waals surface area contributed by atoms with Crippen molar-refractivity contribution in [2.24, 2.45) is 5.73 Å². The molecule has 3 aromatic rings. The van der Waals surface area contributed by atoms with Crippen LogP contribution in [-0.4, -0.2) is 40.7 Å². The standard InChI is InChI=1S/C19H21N3O2S/c20-12-5-9-22(10-6-12)8-1-2-13-16(23)4-3-15-17(13)14-7-11-25-18(14)19(24)21-15/h1-4,7,11-12,23H,5-6,8-10,20H2,(H,21,24)/b2-1+. The number of piperidine rings is 1. The first-order chi connectivity index (χ1) is 12.1. The van der Waals surface area contributed by atoms with Crippen molar-refractivity contribution in [3.05, 3.63) is 45.6 Å². The van der Waals surface area contributed by atoms with Crippen molar-refractivity contribution in [3.63, 3.8) is 0 Å². The zero-order chi connectivity index (χ0) is 17.4. The lowest BCUT2D eigenvalue weighted by atomic mass is 10.0. The Morgan fingerprint density at radius 1 is 1.32 bits per heavy atom. The molecule has 130 valence electrons. The lowest BCUT2D eigenvalue weighted by Crippen LogP contribution is -2.39. The van der Waals surface area contributed by atoms with Gasteiger partial charge in [0.15, 0.2) is 0 Å². The highest BCUT2D eigenvalue weighted by Gasteiger charge is 2.15. The molecule has 25 heavy (non-hydrogen) atoms. The van der Waals surface area contributed by atoms with Crippen molar-refractivity contribution in [1.29, 1.82) is 0 Å². The molecule has 3 heterocycles. The second kappa shape index (κ2) is 6.63. The van der Waals surface area contributed by atoms with Crippen LogP contribution in [0.25, 0.3) is 27.1 Å². The number of nitrogens with two attached hydrogens (primary N) is 1. The molecule has 0 spiro atoms. The molecular weight excluding hydrogens is 334 g/mol. The molecular formula is C19H21N3O2S. The van der Waals surface area contributed by atoms with Gasteiger partial charge in [-0.25, -0.2) is 0 Å². The molecule has 0 bridgehead atoms. The molecule has 2 aromatic heterocycles. The molecule has 4 N–H and O–H groups in total. The Kier molecular flexibility index (Phi) is 4.33. The highest BCUT2D eigenvalue weighted by atomic mass is 32.1. The lowest BCUT2D eigenvalue weighted by Gasteiger charge is -2.28. The van der Waals surface area contributed by atoms with E-state index >= 15 is 0 Å². The van der Waals surface area contributed by atoms with Crippen LogP contribution in [0.1, 0.15) is 18.4 Å². The summed E-state index contributed by atoms with van der Waals surface area (Å²) in [5, 5.41) is 14.1. The van der Waals surface area contributed by atoms with Gasteiger partial charge >= 0.3 is 0 Å². The number of likely N-dealkylation sites (tertiary alicyclic amines) is 1. The fraction of sp³-hybridized carbons (Fsp3) is 0.316. The van der Waals surface area contributed by atoms with Crippen molar-refractivity contribution in [2.45, 2.75) is 18.9 Å². The highest BCUT2D eigenvalue weighted by Crippen LogP contribution is 2.33. The fourth-order valence-corrected chi connectivity index (χ4v) is 4.28. The molecule has 1 aromatic carbocycles. The van der Waals surface area contributed by atoms with Gasteiger partial charge in [0.25, 0.3) is 5.56 Å². The average Bonchev–Trinajstić information content (AvgIpc) is 3.09. The van der Waals surface area contributed by atoms with E-state index < -0.39 is 0 Å². The van der Waals surface area contributed by atoms with Crippen molar-refractivity contribution in [3.8, 4) is 5.75 Å². The number of phenolic OH excluding ortho intramolecular Hbond substituents is 1. The zero-order valence-electron chi connectivity index (χ0n) is 13.9. The molecule has 0 amide bonds. The van der Waals surface area contributed by atoms with Crippen molar-refractivity contribution in [2.75, 3.05) is 19.6 Å². The Hall–Kier alpha value is -2.15. The molecule has 0 aliphatic carbocycles. The Labute approximate surface area is 149 Å². The maximum atomic E-state index is 12.2. The van der Waals surface area contributed by atoms with E-state index in [1.165, 1.54) is 11.3 Å². The Balaban J connectivity index is 1.71. The summed E-state index contributed by atoms with van der Waals surface area (Å²) in [5.74, 6) is 0.226. The van der Waals surface area contributed by atoms with Gasteiger partial charge < -0.3 is 15.8 Å². The number of nitrogens with zero attached hydrogens (tertiary/aromatic N) is 1. The Morgan fingerprint density at radius 3 is 2.92 bits per heavy atom. The summed E-state index contributed by atoms with van der Waals surface area (Å²) in [6.07, 6.45) is 6.10. The van der Waals surface area contributed by atoms with Crippen LogP contribution in [0.4, 0.5) is 0 Å². The number of fused-ring (bicyclic) bond motifs is 3. The van der Waals surface area contributed by atoms with Crippen LogP contribution in [0.15, 0.2) is 34.4 Å². The number of rotatable bonds is 3. The molecule has 0 saturated carbocycles. The molecule has 4 rings (SSSR count). The zero-order valence-corrected chi connectivity index (χ0v) is 14.7. The third-order valence-electron chi connectivity index (χ3n) is 4.89. The van der Waals surface area contributed by atoms with Gasteiger partial charge in [-0.3, -0.25) is 9.69 Å². The molecule has 1 saturated heterocycles. The number of phenols is 1. The summed E-state index contributed by atoms with van der Waals surface area (Å²) < 4.78 is 0.692. The molecule has 1 aliphatic rings. The van der Waals surface area contributed by atoms with Gasteiger partial charge in [0.2, 0.25) is 0 Å². The van der Waals surface area contributed by atoms with Gasteiger partial charge in [0, 0.05) is 34.4 Å². The van der Waals surface area contributed by atoms with E-state index in [9.17, 15) is 9.90 Å². The number of H-pyrrole nitrogens is 1. The van der Waals surface area contributed by atoms with Gasteiger partial charge in [0.1, 0.15) is 10.4 Å². The number of hydrogen-bond acceptors (Lipinski definition) is 5. The first kappa shape index (κ1) is 16.3. The monoisotopic (exact) mass is 355 g/mol. The maximum Gasteiger partial charge on any atom is 0.266 e. The number of thiophene rings is 1. The number of nitrogens with one attached hydrogen (secondary N) is 1. The van der Waals surface area contributed by atoms with E-state index in [2.05, 4.69) is 16.0 Å². The number of aromatic nitrogens is 1. The van der Waals surface area contributed by atoms with E-state index in [4.69, 9.17) is 5.73 Å². The van der Waals surface area contributed by atoms with Crippen LogP contribution in [0.2, 0.25) is 0 Å². The maximum absolute atomic E-state index is 12.2. The second-order valence-corrected chi connectivity index (χ2v) is 7.49. The predicted molar refractivity (Wildman–Crippen MR) is 104 cm³/mol. The van der Waals surface area contributed by atoms with Crippen molar-refractivity contribution in [1.82, 2.24) is 9.88 Å². The lowest BCUT2D eigenvalue weighted by molar-refractivity contribution is 0.234. The van der Waals surface area contributed by atoms with E-state index in [1.54, 1.807) is 12.1 Å². The van der Waals surface area contributed by atoms with Gasteiger partial charge in [-0.2, -0.15) is 0 Å². The highest BCUT2D eigenvalue weighted by molar-refractivity contribution is 7.17. The SMILES string of the molecule is NC1CCN(C/C=C/c2c(O)ccc3[nH]c(=O)c4sccc4c23)CC1. The number of aromatic amines is 1. The average molecular weight is 355 g/mol. The minimum Gasteiger partial charge on any atom is -0.507 e. The quantitative estimate of drug-likeness (QED) is 0.675. The van der Waals surface area contributed by atoms with Crippen molar-refractivity contribution >= 4 is 38.4 Å². The summed E-state index contributed by atoms with van der Waals surface area (Å²) >= 11 is 1.42. The normalized spacial score (nSPS) is 17.2. The summed E-state index contributed by atoms with van der Waals surface area (Å²) in [7, 11) is 0. The largest absolute Gasteiger partial charge is 0.507 e. The third-order valence-corrected chi connectivity index (χ3v) is 5.81. The van der Waals surface area contributed by atoms with Crippen LogP contribution >= 0.6 is 11.3 Å². The van der Waals surface area contributed by atoms with Crippen LogP contribution in [0, 0.1) is 0 Å². The summed E-state index contributed by atoms with van der Waals surface area (Å²) in [6.45, 7) is 2.85. The number of aromatic hydroxyl groups is 1. The molecule has 0 atom stereocenters. The minimum atomic E-state index is -0.0808. The molecule has 6 heteroatoms. The van der Waals surface area contributed by atoms with Crippen LogP contribution in [-0.2, 0) is 0 Å². The van der Waals surface area contributed by atoms with E-state index in [-0.39, 0.29) is 11.3 Å². The molecule has 1 aliphatic heterocycles. The van der Waals surface area contributed by atoms with E-state index in [0.717, 1.165) is 54.3 Å². The summed E-state index contributed by atoms with van der Waals surface area (Å²) in [4.78, 5) is 17.4.